The van der Waals surface area contributed by atoms with Crippen LogP contribution >= 0.6 is 11.8 Å². The summed E-state index contributed by atoms with van der Waals surface area (Å²) >= 11 is 1.32. The molecule has 0 radical (unpaired) electrons. The van der Waals surface area contributed by atoms with Crippen LogP contribution in [-0.4, -0.2) is 23.7 Å². The summed E-state index contributed by atoms with van der Waals surface area (Å²) in [7, 11) is 0. The number of thioether (sulfide) groups is 1. The second-order valence-electron chi connectivity index (χ2n) is 2.27. The minimum Gasteiger partial charge on any atom is -0.293 e. The summed E-state index contributed by atoms with van der Waals surface area (Å²) in [6.45, 7) is 5.09. The molecular formula is C7H12N2OS. The highest BCUT2D eigenvalue weighted by Gasteiger charge is 2.17. The van der Waals surface area contributed by atoms with Gasteiger partial charge in [0.05, 0.1) is 0 Å². The van der Waals surface area contributed by atoms with E-state index in [0.29, 0.717) is 6.42 Å². The van der Waals surface area contributed by atoms with Crippen molar-refractivity contribution < 1.29 is 4.79 Å². The maximum Gasteiger partial charge on any atom is 0.192 e. The first-order valence-corrected chi connectivity index (χ1v) is 4.48. The lowest BCUT2D eigenvalue weighted by molar-refractivity contribution is -0.111. The molecule has 1 heterocycles. The Balaban J connectivity index is 2.22. The average molecular weight is 172 g/mol. The van der Waals surface area contributed by atoms with Gasteiger partial charge in [-0.3, -0.25) is 15.4 Å². The molecule has 1 aliphatic rings. The van der Waals surface area contributed by atoms with Gasteiger partial charge in [0, 0.05) is 19.5 Å². The molecule has 0 aliphatic carbocycles. The zero-order valence-corrected chi connectivity index (χ0v) is 7.12. The molecule has 0 saturated carbocycles. The van der Waals surface area contributed by atoms with Gasteiger partial charge in [-0.1, -0.05) is 17.8 Å². The topological polar surface area (TPSA) is 41.1 Å². The third kappa shape index (κ3) is 3.05. The quantitative estimate of drug-likeness (QED) is 0.601. The first-order chi connectivity index (χ1) is 5.33. The van der Waals surface area contributed by atoms with Crippen molar-refractivity contribution in [3.05, 3.63) is 12.7 Å². The summed E-state index contributed by atoms with van der Waals surface area (Å²) in [5.41, 5.74) is 0.0780. The predicted octanol–water partition coefficient (Wildman–Crippen LogP) is 0.299. The molecule has 2 N–H and O–H groups in total. The van der Waals surface area contributed by atoms with E-state index in [9.17, 15) is 4.79 Å². The van der Waals surface area contributed by atoms with Crippen LogP contribution in [0.3, 0.4) is 0 Å². The van der Waals surface area contributed by atoms with E-state index in [4.69, 9.17) is 0 Å². The lowest BCUT2D eigenvalue weighted by atomic mass is 10.4. The van der Waals surface area contributed by atoms with Gasteiger partial charge in [0.15, 0.2) is 5.12 Å². The van der Waals surface area contributed by atoms with Gasteiger partial charge in [-0.25, -0.2) is 0 Å². The minimum absolute atomic E-state index is 0.0780. The summed E-state index contributed by atoms with van der Waals surface area (Å²) in [6, 6.07) is 0. The zero-order chi connectivity index (χ0) is 8.10. The molecule has 1 atom stereocenters. The molecule has 0 bridgehead atoms. The molecule has 0 aromatic heterocycles. The Bertz CT molecular complexity index is 161. The van der Waals surface area contributed by atoms with E-state index in [-0.39, 0.29) is 10.6 Å². The monoisotopic (exact) mass is 172 g/mol. The summed E-state index contributed by atoms with van der Waals surface area (Å²) in [4.78, 5) is 10.9. The highest BCUT2D eigenvalue weighted by Crippen LogP contribution is 2.13. The Morgan fingerprint density at radius 3 is 3.36 bits per heavy atom. The van der Waals surface area contributed by atoms with E-state index in [0.717, 1.165) is 13.1 Å². The van der Waals surface area contributed by atoms with E-state index in [1.54, 1.807) is 6.08 Å². The first-order valence-electron chi connectivity index (χ1n) is 3.60. The molecule has 4 heteroatoms. The third-order valence-corrected chi connectivity index (χ3v) is 2.39. The Morgan fingerprint density at radius 2 is 2.73 bits per heavy atom. The van der Waals surface area contributed by atoms with Crippen LogP contribution < -0.4 is 10.6 Å². The van der Waals surface area contributed by atoms with Gasteiger partial charge in [-0.2, -0.15) is 0 Å². The summed E-state index contributed by atoms with van der Waals surface area (Å²) < 4.78 is 0. The maximum atomic E-state index is 10.9. The highest BCUT2D eigenvalue weighted by atomic mass is 32.2. The average Bonchev–Trinajstić information content (AvgIpc) is 2.01. The van der Waals surface area contributed by atoms with Crippen molar-refractivity contribution in [2.24, 2.45) is 0 Å². The number of hydrogen-bond donors (Lipinski definition) is 2. The van der Waals surface area contributed by atoms with Gasteiger partial charge in [-0.15, -0.1) is 6.58 Å². The van der Waals surface area contributed by atoms with Crippen molar-refractivity contribution in [2.45, 2.75) is 11.9 Å². The fourth-order valence-electron chi connectivity index (χ4n) is 0.842. The van der Waals surface area contributed by atoms with Crippen LogP contribution in [0.4, 0.5) is 0 Å². The zero-order valence-electron chi connectivity index (χ0n) is 6.30. The molecule has 3 nitrogen and oxygen atoms in total. The van der Waals surface area contributed by atoms with Gasteiger partial charge >= 0.3 is 0 Å². The lowest BCUT2D eigenvalue weighted by Crippen LogP contribution is -2.44. The third-order valence-electron chi connectivity index (χ3n) is 1.36. The molecule has 0 aromatic rings. The van der Waals surface area contributed by atoms with E-state index in [2.05, 4.69) is 17.2 Å². The lowest BCUT2D eigenvalue weighted by Gasteiger charge is -2.21. The molecule has 0 amide bonds. The molecule has 1 aliphatic heterocycles. The van der Waals surface area contributed by atoms with Gasteiger partial charge in [-0.05, 0) is 0 Å². The van der Waals surface area contributed by atoms with Crippen LogP contribution in [0.5, 0.6) is 0 Å². The van der Waals surface area contributed by atoms with Crippen molar-refractivity contribution >= 4 is 16.9 Å². The fourth-order valence-corrected chi connectivity index (χ4v) is 1.71. The number of nitrogens with one attached hydrogen (secondary N) is 2. The molecule has 62 valence electrons. The number of carbonyl (C=O) groups is 1. The van der Waals surface area contributed by atoms with E-state index >= 15 is 0 Å². The predicted molar refractivity (Wildman–Crippen MR) is 47.2 cm³/mol. The van der Waals surface area contributed by atoms with Crippen LogP contribution in [-0.2, 0) is 4.79 Å². The molecule has 11 heavy (non-hydrogen) atoms. The van der Waals surface area contributed by atoms with E-state index in [1.165, 1.54) is 11.8 Å². The summed E-state index contributed by atoms with van der Waals surface area (Å²) in [5.74, 6) is 0. The van der Waals surface area contributed by atoms with Gasteiger partial charge in [0.2, 0.25) is 0 Å². The Labute approximate surface area is 70.6 Å². The van der Waals surface area contributed by atoms with Gasteiger partial charge < -0.3 is 0 Å². The molecule has 1 saturated heterocycles. The van der Waals surface area contributed by atoms with E-state index in [1.807, 2.05) is 0 Å². The Hall–Kier alpha value is -0.320. The standard InChI is InChI=1S/C7H12N2OS/c1-2-4-8-7-9-5-3-6(10)11-7/h2,7-9H,1,3-5H2. The van der Waals surface area contributed by atoms with Crippen LogP contribution in [0.1, 0.15) is 6.42 Å². The largest absolute Gasteiger partial charge is 0.293 e. The molecule has 1 unspecified atom stereocenters. The van der Waals surface area contributed by atoms with Crippen LogP contribution in [0.25, 0.3) is 0 Å². The van der Waals surface area contributed by atoms with Crippen molar-refractivity contribution in [2.75, 3.05) is 13.1 Å². The van der Waals surface area contributed by atoms with Crippen LogP contribution in [0, 0.1) is 0 Å². The molecule has 1 fully saturated rings. The Kier molecular flexibility index (Phi) is 3.62. The Morgan fingerprint density at radius 1 is 1.91 bits per heavy atom. The minimum atomic E-state index is 0.0780. The van der Waals surface area contributed by atoms with Crippen molar-refractivity contribution in [3.63, 3.8) is 0 Å². The highest BCUT2D eigenvalue weighted by molar-refractivity contribution is 8.14. The molecule has 1 rings (SSSR count). The maximum absolute atomic E-state index is 10.9. The molecule has 0 aromatic carbocycles. The fraction of sp³-hybridized carbons (Fsp3) is 0.571. The normalized spacial score (nSPS) is 25.1. The number of rotatable bonds is 3. The van der Waals surface area contributed by atoms with E-state index < -0.39 is 0 Å². The second-order valence-corrected chi connectivity index (χ2v) is 3.43. The van der Waals surface area contributed by atoms with Crippen LogP contribution in [0.15, 0.2) is 12.7 Å². The first kappa shape index (κ1) is 8.77. The summed E-state index contributed by atoms with van der Waals surface area (Å²) in [5, 5.41) is 6.54. The van der Waals surface area contributed by atoms with Gasteiger partial charge in [0.25, 0.3) is 0 Å². The van der Waals surface area contributed by atoms with Crippen molar-refractivity contribution in [1.29, 1.82) is 0 Å². The smallest absolute Gasteiger partial charge is 0.192 e. The van der Waals surface area contributed by atoms with Gasteiger partial charge in [0.1, 0.15) is 5.50 Å². The SMILES string of the molecule is C=CCNC1NCCC(=O)S1. The van der Waals surface area contributed by atoms with Crippen molar-refractivity contribution in [3.8, 4) is 0 Å². The van der Waals surface area contributed by atoms with Crippen molar-refractivity contribution in [1.82, 2.24) is 10.6 Å². The van der Waals surface area contributed by atoms with Crippen LogP contribution in [0.2, 0.25) is 0 Å². The summed E-state index contributed by atoms with van der Waals surface area (Å²) in [6.07, 6.45) is 2.41. The second kappa shape index (κ2) is 4.54. The molecule has 0 spiro atoms. The number of carbonyl (C=O) groups excluding carboxylic acids is 1. The number of hydrogen-bond acceptors (Lipinski definition) is 4. The molecular weight excluding hydrogens is 160 g/mol.